The highest BCUT2D eigenvalue weighted by Crippen LogP contribution is 2.21. The van der Waals surface area contributed by atoms with E-state index in [0.717, 1.165) is 0 Å². The van der Waals surface area contributed by atoms with E-state index in [9.17, 15) is 8.78 Å². The second kappa shape index (κ2) is 4.48. The number of anilines is 2. The molecule has 0 aliphatic rings. The highest BCUT2D eigenvalue weighted by atomic mass is 19.3. The molecule has 0 atom stereocenters. The second-order valence-corrected chi connectivity index (χ2v) is 3.69. The van der Waals surface area contributed by atoms with Gasteiger partial charge in [0.2, 0.25) is 0 Å². The Bertz CT molecular complexity index is 530. The van der Waals surface area contributed by atoms with Crippen LogP contribution in [0.25, 0.3) is 11.0 Å². The number of halogens is 2. The highest BCUT2D eigenvalue weighted by Gasteiger charge is 2.14. The summed E-state index contributed by atoms with van der Waals surface area (Å²) in [7, 11) is 1.52. The lowest BCUT2D eigenvalue weighted by Crippen LogP contribution is -2.26. The summed E-state index contributed by atoms with van der Waals surface area (Å²) in [5.41, 5.74) is 6.99. The molecule has 2 N–H and O–H groups in total. The summed E-state index contributed by atoms with van der Waals surface area (Å²) >= 11 is 0. The van der Waals surface area contributed by atoms with Gasteiger partial charge in [0.25, 0.3) is 6.43 Å². The van der Waals surface area contributed by atoms with Crippen molar-refractivity contribution in [2.45, 2.75) is 6.43 Å². The molecule has 90 valence electrons. The van der Waals surface area contributed by atoms with Crippen LogP contribution in [0.3, 0.4) is 0 Å². The number of hydrogen-bond donors (Lipinski definition) is 1. The van der Waals surface area contributed by atoms with Crippen molar-refractivity contribution in [3.8, 4) is 0 Å². The van der Waals surface area contributed by atoms with Crippen molar-refractivity contribution in [3.05, 3.63) is 24.3 Å². The minimum Gasteiger partial charge on any atom is -0.381 e. The molecule has 1 heterocycles. The van der Waals surface area contributed by atoms with E-state index in [-0.39, 0.29) is 11.6 Å². The lowest BCUT2D eigenvalue weighted by molar-refractivity contribution is 0.156. The molecule has 0 amide bonds. The second-order valence-electron chi connectivity index (χ2n) is 3.69. The van der Waals surface area contributed by atoms with Crippen LogP contribution in [0.1, 0.15) is 0 Å². The number of alkyl halides is 2. The van der Waals surface area contributed by atoms with Gasteiger partial charge in [-0.1, -0.05) is 12.1 Å². The lowest BCUT2D eigenvalue weighted by atomic mass is 10.3. The monoisotopic (exact) mass is 238 g/mol. The summed E-state index contributed by atoms with van der Waals surface area (Å²) in [5.74, 6) is 0.441. The number of fused-ring (bicyclic) bond motifs is 1. The third-order valence-corrected chi connectivity index (χ3v) is 2.35. The summed E-state index contributed by atoms with van der Waals surface area (Å²) in [6, 6.07) is 7.17. The van der Waals surface area contributed by atoms with Gasteiger partial charge in [0.15, 0.2) is 11.6 Å². The van der Waals surface area contributed by atoms with Crippen molar-refractivity contribution in [3.63, 3.8) is 0 Å². The number of nitrogens with zero attached hydrogens (tertiary/aromatic N) is 3. The maximum absolute atomic E-state index is 12.3. The highest BCUT2D eigenvalue weighted by molar-refractivity contribution is 5.79. The molecule has 2 rings (SSSR count). The fourth-order valence-corrected chi connectivity index (χ4v) is 1.58. The Labute approximate surface area is 97.1 Å². The van der Waals surface area contributed by atoms with E-state index < -0.39 is 13.0 Å². The number of benzene rings is 1. The molecule has 0 aliphatic heterocycles. The van der Waals surface area contributed by atoms with Gasteiger partial charge in [-0.15, -0.1) is 0 Å². The normalized spacial score (nSPS) is 11.1. The predicted molar refractivity (Wildman–Crippen MR) is 63.2 cm³/mol. The fourth-order valence-electron chi connectivity index (χ4n) is 1.58. The third-order valence-electron chi connectivity index (χ3n) is 2.35. The summed E-state index contributed by atoms with van der Waals surface area (Å²) in [6.45, 7) is -0.419. The van der Waals surface area contributed by atoms with Gasteiger partial charge >= 0.3 is 0 Å². The molecule has 0 spiro atoms. The summed E-state index contributed by atoms with van der Waals surface area (Å²) in [6.07, 6.45) is -2.44. The van der Waals surface area contributed by atoms with Crippen molar-refractivity contribution < 1.29 is 8.78 Å². The summed E-state index contributed by atoms with van der Waals surface area (Å²) in [4.78, 5) is 9.67. The zero-order chi connectivity index (χ0) is 12.4. The van der Waals surface area contributed by atoms with Gasteiger partial charge in [-0.05, 0) is 12.1 Å². The molecule has 0 bridgehead atoms. The van der Waals surface area contributed by atoms with E-state index in [1.165, 1.54) is 11.9 Å². The maximum atomic E-state index is 12.3. The zero-order valence-electron chi connectivity index (χ0n) is 9.27. The molecule has 0 aliphatic carbocycles. The first-order valence-corrected chi connectivity index (χ1v) is 5.09. The van der Waals surface area contributed by atoms with Crippen LogP contribution in [-0.2, 0) is 0 Å². The smallest absolute Gasteiger partial charge is 0.255 e. The quantitative estimate of drug-likeness (QED) is 0.887. The molecule has 0 saturated carbocycles. The van der Waals surface area contributed by atoms with Gasteiger partial charge in [-0.25, -0.2) is 18.7 Å². The Hall–Kier alpha value is -1.98. The van der Waals surface area contributed by atoms with E-state index in [0.29, 0.717) is 11.0 Å². The molecule has 0 radical (unpaired) electrons. The number of rotatable bonds is 3. The fraction of sp³-hybridized carbons (Fsp3) is 0.273. The Morgan fingerprint density at radius 3 is 2.41 bits per heavy atom. The van der Waals surface area contributed by atoms with Crippen LogP contribution >= 0.6 is 0 Å². The average molecular weight is 238 g/mol. The van der Waals surface area contributed by atoms with Crippen LogP contribution in [-0.4, -0.2) is 30.0 Å². The molecular weight excluding hydrogens is 226 g/mol. The molecule has 1 aromatic heterocycles. The van der Waals surface area contributed by atoms with Crippen LogP contribution in [0, 0.1) is 0 Å². The maximum Gasteiger partial charge on any atom is 0.255 e. The SMILES string of the molecule is CN(CC(F)F)c1nc2ccccc2nc1N. The molecule has 0 unspecified atom stereocenters. The number of nitrogens with two attached hydrogens (primary N) is 1. The van der Waals surface area contributed by atoms with Crippen LogP contribution < -0.4 is 10.6 Å². The minimum atomic E-state index is -2.44. The van der Waals surface area contributed by atoms with Crippen LogP contribution in [0.2, 0.25) is 0 Å². The Balaban J connectivity index is 2.43. The largest absolute Gasteiger partial charge is 0.381 e. The average Bonchev–Trinajstić information content (AvgIpc) is 2.27. The van der Waals surface area contributed by atoms with E-state index in [4.69, 9.17) is 5.73 Å². The summed E-state index contributed by atoms with van der Waals surface area (Å²) in [5, 5.41) is 0. The van der Waals surface area contributed by atoms with Crippen molar-refractivity contribution in [2.24, 2.45) is 0 Å². The van der Waals surface area contributed by atoms with Gasteiger partial charge in [0, 0.05) is 7.05 Å². The van der Waals surface area contributed by atoms with Crippen LogP contribution in [0.15, 0.2) is 24.3 Å². The first-order chi connectivity index (χ1) is 8.08. The molecule has 4 nitrogen and oxygen atoms in total. The molecule has 0 saturated heterocycles. The first-order valence-electron chi connectivity index (χ1n) is 5.09. The van der Waals surface area contributed by atoms with E-state index >= 15 is 0 Å². The molecule has 1 aromatic carbocycles. The number of aromatic nitrogens is 2. The third kappa shape index (κ3) is 2.41. The minimum absolute atomic E-state index is 0.159. The van der Waals surface area contributed by atoms with Crippen molar-refractivity contribution in [1.82, 2.24) is 9.97 Å². The number of nitrogen functional groups attached to an aromatic ring is 1. The van der Waals surface area contributed by atoms with Crippen LogP contribution in [0.4, 0.5) is 20.4 Å². The summed E-state index contributed by atoms with van der Waals surface area (Å²) < 4.78 is 24.6. The first kappa shape index (κ1) is 11.5. The Morgan fingerprint density at radius 2 is 1.82 bits per heavy atom. The van der Waals surface area contributed by atoms with Gasteiger partial charge < -0.3 is 10.6 Å². The molecule has 17 heavy (non-hydrogen) atoms. The molecule has 2 aromatic rings. The van der Waals surface area contributed by atoms with Crippen molar-refractivity contribution in [1.29, 1.82) is 0 Å². The van der Waals surface area contributed by atoms with E-state index in [2.05, 4.69) is 9.97 Å². The number of hydrogen-bond acceptors (Lipinski definition) is 4. The molecular formula is C11H12F2N4. The Kier molecular flexibility index (Phi) is 3.03. The number of para-hydroxylation sites is 2. The van der Waals surface area contributed by atoms with Crippen molar-refractivity contribution >= 4 is 22.7 Å². The van der Waals surface area contributed by atoms with Crippen LogP contribution in [0.5, 0.6) is 0 Å². The standard InChI is InChI=1S/C11H12F2N4/c1-17(6-9(12)13)11-10(14)15-7-4-2-3-5-8(7)16-11/h2-5,9H,6H2,1H3,(H2,14,15). The van der Waals surface area contributed by atoms with Gasteiger partial charge in [0.05, 0.1) is 17.6 Å². The zero-order valence-corrected chi connectivity index (χ0v) is 9.27. The topological polar surface area (TPSA) is 55.0 Å². The van der Waals surface area contributed by atoms with E-state index in [1.54, 1.807) is 12.1 Å². The van der Waals surface area contributed by atoms with Gasteiger partial charge in [0.1, 0.15) is 0 Å². The molecule has 6 heteroatoms. The predicted octanol–water partition coefficient (Wildman–Crippen LogP) is 1.91. The Morgan fingerprint density at radius 1 is 1.24 bits per heavy atom. The van der Waals surface area contributed by atoms with Gasteiger partial charge in [-0.3, -0.25) is 0 Å². The van der Waals surface area contributed by atoms with Gasteiger partial charge in [-0.2, -0.15) is 0 Å². The molecule has 0 fully saturated rings. The lowest BCUT2D eigenvalue weighted by Gasteiger charge is -2.18. The van der Waals surface area contributed by atoms with Crippen molar-refractivity contribution in [2.75, 3.05) is 24.2 Å². The van der Waals surface area contributed by atoms with E-state index in [1.807, 2.05) is 12.1 Å².